The van der Waals surface area contributed by atoms with Gasteiger partial charge in [0.25, 0.3) is 0 Å². The molecule has 120 valence electrons. The average molecular weight is 316 g/mol. The van der Waals surface area contributed by atoms with Crippen molar-refractivity contribution in [1.82, 2.24) is 19.9 Å². The van der Waals surface area contributed by atoms with Gasteiger partial charge in [0.15, 0.2) is 0 Å². The third-order valence-corrected chi connectivity index (χ3v) is 3.86. The number of amides is 1. The monoisotopic (exact) mass is 316 g/mol. The minimum absolute atomic E-state index is 0.209. The Hall–Kier alpha value is -2.68. The van der Waals surface area contributed by atoms with Gasteiger partial charge in [0.1, 0.15) is 11.2 Å². The Balaban J connectivity index is 2.17. The summed E-state index contributed by atoms with van der Waals surface area (Å²) in [6, 6.07) is 0. The number of fused-ring (bicyclic) bond motifs is 1. The molecule has 23 heavy (non-hydrogen) atoms. The zero-order valence-electron chi connectivity index (χ0n) is 12.7. The van der Waals surface area contributed by atoms with Crippen LogP contribution in [0.2, 0.25) is 0 Å². The fourth-order valence-corrected chi connectivity index (χ4v) is 2.62. The number of nitrogens with one attached hydrogen (secondary N) is 1. The number of aromatic nitrogens is 3. The van der Waals surface area contributed by atoms with Gasteiger partial charge >= 0.3 is 5.91 Å². The molecule has 2 aromatic rings. The number of hydrogen-bond donors (Lipinski definition) is 1. The number of piperazine rings is 1. The van der Waals surface area contributed by atoms with Crippen molar-refractivity contribution in [2.24, 2.45) is 5.18 Å². The van der Waals surface area contributed by atoms with Crippen molar-refractivity contribution in [1.29, 1.82) is 0 Å². The van der Waals surface area contributed by atoms with Crippen LogP contribution < -0.4 is 15.6 Å². The quantitative estimate of drug-likeness (QED) is 0.801. The first-order valence-electron chi connectivity index (χ1n) is 7.39. The molecule has 0 saturated carbocycles. The van der Waals surface area contributed by atoms with Crippen LogP contribution in [0.4, 0.5) is 5.95 Å². The first-order valence-corrected chi connectivity index (χ1v) is 7.39. The summed E-state index contributed by atoms with van der Waals surface area (Å²) in [6.45, 7) is 5.62. The lowest BCUT2D eigenvalue weighted by Crippen LogP contribution is -2.44. The van der Waals surface area contributed by atoms with Crippen molar-refractivity contribution in [3.05, 3.63) is 33.1 Å². The smallest absolute Gasteiger partial charge is 0.322 e. The number of carbonyl (C=O) groups excluding carboxylic acids is 1. The first kappa shape index (κ1) is 15.2. The molecule has 1 aliphatic rings. The van der Waals surface area contributed by atoms with Gasteiger partial charge in [0.05, 0.1) is 5.39 Å². The van der Waals surface area contributed by atoms with Gasteiger partial charge in [0, 0.05) is 50.3 Å². The van der Waals surface area contributed by atoms with E-state index in [1.807, 2.05) is 11.8 Å². The van der Waals surface area contributed by atoms with Crippen molar-refractivity contribution < 1.29 is 4.79 Å². The van der Waals surface area contributed by atoms with Crippen LogP contribution in [-0.2, 0) is 6.54 Å². The van der Waals surface area contributed by atoms with E-state index in [-0.39, 0.29) is 10.9 Å². The third-order valence-electron chi connectivity index (χ3n) is 3.86. The van der Waals surface area contributed by atoms with Crippen LogP contribution >= 0.6 is 0 Å². The van der Waals surface area contributed by atoms with Gasteiger partial charge < -0.3 is 14.8 Å². The molecule has 0 aromatic carbocycles. The predicted molar refractivity (Wildman–Crippen MR) is 84.7 cm³/mol. The van der Waals surface area contributed by atoms with E-state index in [0.717, 1.165) is 26.2 Å². The fourth-order valence-electron chi connectivity index (χ4n) is 2.62. The zero-order chi connectivity index (χ0) is 16.4. The molecule has 1 N–H and O–H groups in total. The van der Waals surface area contributed by atoms with Crippen LogP contribution in [-0.4, -0.2) is 46.6 Å². The molecule has 0 unspecified atom stereocenters. The van der Waals surface area contributed by atoms with E-state index >= 15 is 0 Å². The van der Waals surface area contributed by atoms with Crippen molar-refractivity contribution in [2.75, 3.05) is 31.1 Å². The SMILES string of the molecule is CCn1cc(C(=O)N=O)c(=O)c2cnc(N3CCNCC3)nc21. The number of pyridine rings is 1. The van der Waals surface area contributed by atoms with Crippen LogP contribution in [0.3, 0.4) is 0 Å². The molecular weight excluding hydrogens is 300 g/mol. The molecule has 9 heteroatoms. The van der Waals surface area contributed by atoms with Crippen molar-refractivity contribution in [3.63, 3.8) is 0 Å². The Morgan fingerprint density at radius 1 is 1.39 bits per heavy atom. The van der Waals surface area contributed by atoms with E-state index in [1.54, 1.807) is 4.57 Å². The summed E-state index contributed by atoms with van der Waals surface area (Å²) >= 11 is 0. The fraction of sp³-hybridized carbons (Fsp3) is 0.429. The van der Waals surface area contributed by atoms with Crippen LogP contribution in [0.1, 0.15) is 17.3 Å². The topological polar surface area (TPSA) is 110 Å². The molecule has 1 amide bonds. The highest BCUT2D eigenvalue weighted by Crippen LogP contribution is 2.15. The highest BCUT2D eigenvalue weighted by molar-refractivity contribution is 5.97. The summed E-state index contributed by atoms with van der Waals surface area (Å²) in [4.78, 5) is 45.1. The Morgan fingerprint density at radius 2 is 2.13 bits per heavy atom. The van der Waals surface area contributed by atoms with Gasteiger partial charge in [-0.25, -0.2) is 4.98 Å². The summed E-state index contributed by atoms with van der Waals surface area (Å²) in [5.41, 5.74) is -0.377. The zero-order valence-corrected chi connectivity index (χ0v) is 12.7. The standard InChI is InChI=1S/C14H16N6O3/c1-2-19-8-10(13(22)18-23)11(21)9-7-16-14(17-12(9)19)20-5-3-15-4-6-20/h7-8,15H,2-6H2,1H3. The van der Waals surface area contributed by atoms with E-state index in [1.165, 1.54) is 12.4 Å². The lowest BCUT2D eigenvalue weighted by Gasteiger charge is -2.27. The maximum atomic E-state index is 12.3. The third kappa shape index (κ3) is 2.70. The Morgan fingerprint density at radius 3 is 2.78 bits per heavy atom. The maximum Gasteiger partial charge on any atom is 0.322 e. The number of carbonyl (C=O) groups is 1. The van der Waals surface area contributed by atoms with E-state index < -0.39 is 11.3 Å². The van der Waals surface area contributed by atoms with Crippen molar-refractivity contribution in [3.8, 4) is 0 Å². The second kappa shape index (κ2) is 6.21. The Bertz CT molecular complexity index is 825. The van der Waals surface area contributed by atoms with Gasteiger partial charge in [-0.2, -0.15) is 4.98 Å². The molecule has 0 radical (unpaired) electrons. The number of hydrogen-bond acceptors (Lipinski definition) is 7. The number of nitrogens with zero attached hydrogens (tertiary/aromatic N) is 5. The molecular formula is C14H16N6O3. The van der Waals surface area contributed by atoms with E-state index in [9.17, 15) is 14.5 Å². The molecule has 2 aromatic heterocycles. The minimum Gasteiger partial charge on any atom is -0.338 e. The predicted octanol–water partition coefficient (Wildman–Crippen LogP) is 0.128. The number of nitroso groups, excluding NO2 is 1. The summed E-state index contributed by atoms with van der Waals surface area (Å²) < 4.78 is 1.66. The van der Waals surface area contributed by atoms with Gasteiger partial charge in [-0.05, 0) is 6.92 Å². The second-order valence-electron chi connectivity index (χ2n) is 5.20. The minimum atomic E-state index is -1.08. The van der Waals surface area contributed by atoms with Gasteiger partial charge in [0.2, 0.25) is 11.4 Å². The molecule has 0 bridgehead atoms. The lowest BCUT2D eigenvalue weighted by molar-refractivity contribution is 0.0999. The second-order valence-corrected chi connectivity index (χ2v) is 5.20. The van der Waals surface area contributed by atoms with E-state index in [2.05, 4.69) is 20.5 Å². The number of rotatable bonds is 3. The highest BCUT2D eigenvalue weighted by atomic mass is 16.3. The number of anilines is 1. The highest BCUT2D eigenvalue weighted by Gasteiger charge is 2.19. The average Bonchev–Trinajstić information content (AvgIpc) is 2.62. The van der Waals surface area contributed by atoms with Crippen LogP contribution in [0.25, 0.3) is 11.0 Å². The summed E-state index contributed by atoms with van der Waals surface area (Å²) in [5, 5.41) is 5.79. The molecule has 3 heterocycles. The van der Waals surface area contributed by atoms with Crippen LogP contribution in [0.15, 0.2) is 22.4 Å². The van der Waals surface area contributed by atoms with Gasteiger partial charge in [-0.15, -0.1) is 4.91 Å². The molecule has 9 nitrogen and oxygen atoms in total. The van der Waals surface area contributed by atoms with E-state index in [4.69, 9.17) is 0 Å². The molecule has 1 aliphatic heterocycles. The van der Waals surface area contributed by atoms with E-state index in [0.29, 0.717) is 18.1 Å². The molecule has 3 rings (SSSR count). The van der Waals surface area contributed by atoms with Crippen molar-refractivity contribution in [2.45, 2.75) is 13.5 Å². The summed E-state index contributed by atoms with van der Waals surface area (Å²) in [7, 11) is 0. The number of aryl methyl sites for hydroxylation is 1. The van der Waals surface area contributed by atoms with Crippen molar-refractivity contribution >= 4 is 22.9 Å². The summed E-state index contributed by atoms with van der Waals surface area (Å²) in [5.74, 6) is -0.529. The molecule has 0 atom stereocenters. The van der Waals surface area contributed by atoms with Crippen LogP contribution in [0, 0.1) is 4.91 Å². The van der Waals surface area contributed by atoms with Crippen LogP contribution in [0.5, 0.6) is 0 Å². The largest absolute Gasteiger partial charge is 0.338 e. The van der Waals surface area contributed by atoms with Gasteiger partial charge in [-0.1, -0.05) is 0 Å². The maximum absolute atomic E-state index is 12.3. The molecule has 1 saturated heterocycles. The first-order chi connectivity index (χ1) is 11.2. The normalized spacial score (nSPS) is 14.9. The molecule has 0 aliphatic carbocycles. The summed E-state index contributed by atoms with van der Waals surface area (Å²) in [6.07, 6.45) is 2.75. The lowest BCUT2D eigenvalue weighted by atomic mass is 10.2. The molecule has 0 spiro atoms. The van der Waals surface area contributed by atoms with Gasteiger partial charge in [-0.3, -0.25) is 9.59 Å². The molecule has 1 fully saturated rings. The Labute approximate surface area is 131 Å². The Kier molecular flexibility index (Phi) is 4.11.